The molecule has 0 saturated heterocycles. The molecule has 0 aliphatic heterocycles. The van der Waals surface area contributed by atoms with Crippen molar-refractivity contribution in [1.82, 2.24) is 0 Å². The lowest BCUT2D eigenvalue weighted by Gasteiger charge is -2.11. The van der Waals surface area contributed by atoms with Crippen molar-refractivity contribution >= 4 is 66.7 Å². The molecule has 0 amide bonds. The van der Waals surface area contributed by atoms with Crippen LogP contribution in [0.3, 0.4) is 0 Å². The van der Waals surface area contributed by atoms with Gasteiger partial charge in [-0.15, -0.1) is 0 Å². The Morgan fingerprint density at radius 2 is 1.68 bits per heavy atom. The molecule has 0 bridgehead atoms. The largest absolute Gasteiger partial charge is 0.448 e. The number of nitrogens with zero attached hydrogens (tertiary/aromatic N) is 3. The van der Waals surface area contributed by atoms with E-state index >= 15 is 0 Å². The van der Waals surface area contributed by atoms with Crippen molar-refractivity contribution < 1.29 is 14.6 Å². The summed E-state index contributed by atoms with van der Waals surface area (Å²) in [4.78, 5) is 25.2. The second-order valence-electron chi connectivity index (χ2n) is 6.27. The van der Waals surface area contributed by atoms with Crippen LogP contribution >= 0.6 is 43.5 Å². The maximum absolute atomic E-state index is 11.3. The lowest BCUT2D eigenvalue weighted by atomic mass is 10.2. The topological polar surface area (TPSA) is 108 Å². The fourth-order valence-corrected chi connectivity index (χ4v) is 4.08. The zero-order valence-electron chi connectivity index (χ0n) is 15.7. The van der Waals surface area contributed by atoms with E-state index in [1.807, 2.05) is 19.1 Å². The first-order chi connectivity index (χ1) is 14.7. The standard InChI is InChI=1S/C20H12Br2ClN3O5/c1-11-2-3-13(8-17(11)23)24-10-12-6-15(21)20(16(22)7-12)31-19-5-4-14(25(27)28)9-18(19)26(29)30/h2-10H,1H3. The van der Waals surface area contributed by atoms with Gasteiger partial charge in [0.1, 0.15) is 0 Å². The molecule has 8 nitrogen and oxygen atoms in total. The molecule has 0 N–H and O–H groups in total. The number of halogens is 3. The predicted octanol–water partition coefficient (Wildman–Crippen LogP) is 7.53. The van der Waals surface area contributed by atoms with E-state index in [2.05, 4.69) is 36.9 Å². The molecule has 0 unspecified atom stereocenters. The van der Waals surface area contributed by atoms with Crippen LogP contribution in [0.25, 0.3) is 0 Å². The molecule has 3 rings (SSSR count). The lowest BCUT2D eigenvalue weighted by Crippen LogP contribution is -1.97. The summed E-state index contributed by atoms with van der Waals surface area (Å²) >= 11 is 12.9. The van der Waals surface area contributed by atoms with Gasteiger partial charge in [0.2, 0.25) is 5.75 Å². The average Bonchev–Trinajstić information content (AvgIpc) is 2.71. The number of aryl methyl sites for hydroxylation is 1. The van der Waals surface area contributed by atoms with Gasteiger partial charge in [-0.25, -0.2) is 0 Å². The minimum atomic E-state index is -0.738. The molecule has 3 aromatic carbocycles. The number of rotatable bonds is 6. The number of ether oxygens (including phenoxy) is 1. The minimum Gasteiger partial charge on any atom is -0.448 e. The van der Waals surface area contributed by atoms with Gasteiger partial charge in [-0.2, -0.15) is 0 Å². The van der Waals surface area contributed by atoms with Crippen LogP contribution in [0.5, 0.6) is 11.5 Å². The number of hydrogen-bond donors (Lipinski definition) is 0. The van der Waals surface area contributed by atoms with Gasteiger partial charge >= 0.3 is 5.69 Å². The van der Waals surface area contributed by atoms with Crippen molar-refractivity contribution in [3.8, 4) is 11.5 Å². The van der Waals surface area contributed by atoms with Crippen LogP contribution in [0.2, 0.25) is 5.02 Å². The van der Waals surface area contributed by atoms with Gasteiger partial charge in [0.25, 0.3) is 5.69 Å². The zero-order chi connectivity index (χ0) is 22.7. The van der Waals surface area contributed by atoms with E-state index in [0.717, 1.165) is 23.3 Å². The summed E-state index contributed by atoms with van der Waals surface area (Å²) in [6.45, 7) is 1.90. The van der Waals surface area contributed by atoms with E-state index in [4.69, 9.17) is 16.3 Å². The summed E-state index contributed by atoms with van der Waals surface area (Å²) in [5.74, 6) is 0.139. The van der Waals surface area contributed by atoms with Crippen LogP contribution in [0.15, 0.2) is 62.5 Å². The third-order valence-electron chi connectivity index (χ3n) is 4.10. The summed E-state index contributed by atoms with van der Waals surface area (Å²) in [7, 11) is 0. The van der Waals surface area contributed by atoms with E-state index in [1.54, 1.807) is 24.4 Å². The van der Waals surface area contributed by atoms with Crippen molar-refractivity contribution in [2.75, 3.05) is 0 Å². The number of hydrogen-bond acceptors (Lipinski definition) is 6. The number of nitro groups is 2. The second-order valence-corrected chi connectivity index (χ2v) is 8.39. The fourth-order valence-electron chi connectivity index (χ4n) is 2.52. The molecule has 11 heteroatoms. The molecule has 0 aliphatic carbocycles. The summed E-state index contributed by atoms with van der Waals surface area (Å²) in [5.41, 5.74) is 1.44. The van der Waals surface area contributed by atoms with Crippen molar-refractivity contribution in [1.29, 1.82) is 0 Å². The highest BCUT2D eigenvalue weighted by molar-refractivity contribution is 9.11. The Balaban J connectivity index is 1.91. The molecule has 0 aliphatic rings. The SMILES string of the molecule is Cc1ccc(N=Cc2cc(Br)c(Oc3ccc([N+](=O)[O-])cc3[N+](=O)[O-])c(Br)c2)cc1Cl. The highest BCUT2D eigenvalue weighted by Gasteiger charge is 2.22. The summed E-state index contributed by atoms with van der Waals surface area (Å²) in [5, 5.41) is 22.8. The van der Waals surface area contributed by atoms with E-state index < -0.39 is 21.2 Å². The maximum atomic E-state index is 11.3. The Morgan fingerprint density at radius 3 is 2.26 bits per heavy atom. The Hall–Kier alpha value is -2.82. The van der Waals surface area contributed by atoms with Gasteiger partial charge < -0.3 is 4.74 Å². The molecule has 0 spiro atoms. The minimum absolute atomic E-state index is 0.132. The molecule has 0 aromatic heterocycles. The quantitative estimate of drug-likeness (QED) is 0.173. The van der Waals surface area contributed by atoms with Gasteiger partial charge in [0.05, 0.1) is 30.5 Å². The summed E-state index contributed by atoms with van der Waals surface area (Å²) in [6.07, 6.45) is 1.63. The Kier molecular flexibility index (Phi) is 7.04. The average molecular weight is 570 g/mol. The van der Waals surface area contributed by atoms with Crippen LogP contribution in [0.1, 0.15) is 11.1 Å². The van der Waals surface area contributed by atoms with E-state index in [1.165, 1.54) is 6.07 Å². The monoisotopic (exact) mass is 567 g/mol. The summed E-state index contributed by atoms with van der Waals surface area (Å²) in [6, 6.07) is 12.1. The molecule has 31 heavy (non-hydrogen) atoms. The molecule has 0 saturated carbocycles. The molecule has 0 heterocycles. The third kappa shape index (κ3) is 5.46. The van der Waals surface area contributed by atoms with E-state index in [-0.39, 0.29) is 11.5 Å². The van der Waals surface area contributed by atoms with E-state index in [0.29, 0.717) is 19.7 Å². The lowest BCUT2D eigenvalue weighted by molar-refractivity contribution is -0.394. The summed E-state index contributed by atoms with van der Waals surface area (Å²) < 4.78 is 6.69. The van der Waals surface area contributed by atoms with Crippen molar-refractivity contribution in [3.63, 3.8) is 0 Å². The number of aliphatic imine (C=N–C) groups is 1. The highest BCUT2D eigenvalue weighted by Crippen LogP contribution is 2.41. The number of non-ortho nitro benzene ring substituents is 1. The van der Waals surface area contributed by atoms with Gasteiger partial charge in [-0.05, 0) is 80.2 Å². The maximum Gasteiger partial charge on any atom is 0.318 e. The van der Waals surface area contributed by atoms with Gasteiger partial charge in [-0.3, -0.25) is 25.2 Å². The van der Waals surface area contributed by atoms with Crippen LogP contribution in [-0.4, -0.2) is 16.1 Å². The van der Waals surface area contributed by atoms with E-state index in [9.17, 15) is 20.2 Å². The van der Waals surface area contributed by atoms with Crippen molar-refractivity contribution in [2.45, 2.75) is 6.92 Å². The second kappa shape index (κ2) is 9.54. The smallest absolute Gasteiger partial charge is 0.318 e. The molecule has 0 atom stereocenters. The van der Waals surface area contributed by atoms with Crippen LogP contribution in [0.4, 0.5) is 17.1 Å². The zero-order valence-corrected chi connectivity index (χ0v) is 19.6. The van der Waals surface area contributed by atoms with Crippen molar-refractivity contribution in [2.24, 2.45) is 4.99 Å². The number of benzene rings is 3. The Labute approximate surface area is 198 Å². The fraction of sp³-hybridized carbons (Fsp3) is 0.0500. The normalized spacial score (nSPS) is 11.0. The first-order valence-electron chi connectivity index (χ1n) is 8.55. The molecule has 158 valence electrons. The highest BCUT2D eigenvalue weighted by atomic mass is 79.9. The Morgan fingerprint density at radius 1 is 1.00 bits per heavy atom. The molecule has 0 fully saturated rings. The van der Waals surface area contributed by atoms with Gasteiger partial charge in [0, 0.05) is 17.3 Å². The van der Waals surface area contributed by atoms with Crippen LogP contribution in [0, 0.1) is 27.2 Å². The third-order valence-corrected chi connectivity index (χ3v) is 5.69. The molecule has 3 aromatic rings. The van der Waals surface area contributed by atoms with Gasteiger partial charge in [0.15, 0.2) is 5.75 Å². The van der Waals surface area contributed by atoms with Crippen LogP contribution in [-0.2, 0) is 0 Å². The van der Waals surface area contributed by atoms with Gasteiger partial charge in [-0.1, -0.05) is 17.7 Å². The first kappa shape index (κ1) is 22.9. The first-order valence-corrected chi connectivity index (χ1v) is 10.5. The predicted molar refractivity (Wildman–Crippen MR) is 125 cm³/mol. The molecule has 0 radical (unpaired) electrons. The van der Waals surface area contributed by atoms with Crippen LogP contribution < -0.4 is 4.74 Å². The molecular formula is C20H12Br2ClN3O5. The van der Waals surface area contributed by atoms with Crippen molar-refractivity contribution in [3.05, 3.63) is 93.9 Å². The molecular weight excluding hydrogens is 557 g/mol. The number of nitro benzene ring substituents is 2. The Bertz CT molecular complexity index is 1210.